The van der Waals surface area contributed by atoms with Crippen LogP contribution >= 0.6 is 0 Å². The molecule has 0 radical (unpaired) electrons. The molecule has 0 bridgehead atoms. The summed E-state index contributed by atoms with van der Waals surface area (Å²) >= 11 is 0. The standard InChI is InChI=1S/C25H30N4O6/c1-24(2,3)22-25(8-10-27(11-9-25)23(34)35)13-28(22)14-4-5-15-16(12-14)21(33)29(20(15)32)17-6-7-18(30)26-19(17)31/h4-5,12,17,22H,6-11,13H2,1-3H3,(H,34,35)(H,26,30,31). The van der Waals surface area contributed by atoms with Gasteiger partial charge in [-0.05, 0) is 42.9 Å². The van der Waals surface area contributed by atoms with Crippen LogP contribution in [-0.2, 0) is 9.59 Å². The van der Waals surface area contributed by atoms with E-state index in [-0.39, 0.29) is 40.8 Å². The Morgan fingerprint density at radius 1 is 1.06 bits per heavy atom. The number of hydrogen-bond donors (Lipinski definition) is 2. The summed E-state index contributed by atoms with van der Waals surface area (Å²) in [5.41, 5.74) is 1.26. The highest BCUT2D eigenvalue weighted by atomic mass is 16.4. The summed E-state index contributed by atoms with van der Waals surface area (Å²) in [6, 6.07) is 4.38. The van der Waals surface area contributed by atoms with E-state index in [2.05, 4.69) is 31.0 Å². The van der Waals surface area contributed by atoms with E-state index in [4.69, 9.17) is 0 Å². The number of imide groups is 2. The van der Waals surface area contributed by atoms with Crippen molar-refractivity contribution < 1.29 is 29.1 Å². The first-order valence-electron chi connectivity index (χ1n) is 12.0. The first kappa shape index (κ1) is 23.3. The zero-order valence-corrected chi connectivity index (χ0v) is 20.2. The quantitative estimate of drug-likeness (QED) is 0.618. The molecule has 0 aliphatic carbocycles. The van der Waals surface area contributed by atoms with Crippen molar-refractivity contribution in [1.82, 2.24) is 15.1 Å². The zero-order chi connectivity index (χ0) is 25.3. The fourth-order valence-electron chi connectivity index (χ4n) is 6.57. The normalized spacial score (nSPS) is 26.1. The van der Waals surface area contributed by atoms with Crippen LogP contribution in [-0.4, -0.2) is 76.3 Å². The lowest BCUT2D eigenvalue weighted by molar-refractivity contribution is -0.136. The second kappa shape index (κ2) is 7.79. The third-order valence-corrected chi connectivity index (χ3v) is 7.98. The number of fused-ring (bicyclic) bond motifs is 1. The predicted octanol–water partition coefficient (Wildman–Crippen LogP) is 2.08. The van der Waals surface area contributed by atoms with Crippen molar-refractivity contribution >= 4 is 35.4 Å². The second-order valence-corrected chi connectivity index (χ2v) is 11.2. The molecule has 1 aromatic rings. The third kappa shape index (κ3) is 3.57. The number of rotatable bonds is 2. The number of benzene rings is 1. The van der Waals surface area contributed by atoms with Crippen LogP contribution in [0.15, 0.2) is 18.2 Å². The zero-order valence-electron chi connectivity index (χ0n) is 20.2. The van der Waals surface area contributed by atoms with Gasteiger partial charge in [-0.15, -0.1) is 0 Å². The fraction of sp³-hybridized carbons (Fsp3) is 0.560. The van der Waals surface area contributed by atoms with Gasteiger partial charge in [0.2, 0.25) is 11.8 Å². The van der Waals surface area contributed by atoms with E-state index in [1.54, 1.807) is 12.1 Å². The lowest BCUT2D eigenvalue weighted by Crippen LogP contribution is -2.71. The molecule has 3 saturated heterocycles. The van der Waals surface area contributed by atoms with E-state index in [9.17, 15) is 29.1 Å². The lowest BCUT2D eigenvalue weighted by atomic mass is 9.57. The molecule has 3 fully saturated rings. The van der Waals surface area contributed by atoms with Gasteiger partial charge in [0, 0.05) is 43.2 Å². The van der Waals surface area contributed by atoms with Gasteiger partial charge in [0.05, 0.1) is 11.1 Å². The number of carbonyl (C=O) groups excluding carboxylic acids is 4. The minimum atomic E-state index is -0.988. The molecule has 35 heavy (non-hydrogen) atoms. The molecule has 1 aromatic carbocycles. The van der Waals surface area contributed by atoms with E-state index in [1.165, 1.54) is 4.90 Å². The highest BCUT2D eigenvalue weighted by Gasteiger charge is 2.58. The van der Waals surface area contributed by atoms with Crippen LogP contribution in [0, 0.1) is 10.8 Å². The van der Waals surface area contributed by atoms with Crippen molar-refractivity contribution in [3.63, 3.8) is 0 Å². The van der Waals surface area contributed by atoms with Gasteiger partial charge >= 0.3 is 6.09 Å². The number of nitrogens with one attached hydrogen (secondary N) is 1. The topological polar surface area (TPSA) is 127 Å². The SMILES string of the molecule is CC(C)(C)C1N(c2ccc3c(c2)C(=O)N(C2CCC(=O)NC2=O)C3=O)CC12CCN(C(=O)O)CC2. The molecule has 0 aromatic heterocycles. The monoisotopic (exact) mass is 482 g/mol. The fourth-order valence-corrected chi connectivity index (χ4v) is 6.57. The van der Waals surface area contributed by atoms with Crippen molar-refractivity contribution in [3.05, 3.63) is 29.3 Å². The molecule has 4 heterocycles. The van der Waals surface area contributed by atoms with Crippen LogP contribution in [0.3, 0.4) is 0 Å². The smallest absolute Gasteiger partial charge is 0.407 e. The maximum Gasteiger partial charge on any atom is 0.407 e. The van der Waals surface area contributed by atoms with Crippen LogP contribution in [0.25, 0.3) is 0 Å². The molecule has 1 spiro atoms. The van der Waals surface area contributed by atoms with Gasteiger partial charge in [-0.2, -0.15) is 0 Å². The van der Waals surface area contributed by atoms with Gasteiger partial charge in [0.15, 0.2) is 0 Å². The molecule has 10 nitrogen and oxygen atoms in total. The average Bonchev–Trinajstić information content (AvgIpc) is 3.01. The van der Waals surface area contributed by atoms with Crippen LogP contribution in [0.2, 0.25) is 0 Å². The molecular formula is C25H30N4O6. The Kier molecular flexibility index (Phi) is 5.19. The molecule has 4 aliphatic heterocycles. The second-order valence-electron chi connectivity index (χ2n) is 11.2. The summed E-state index contributed by atoms with van der Waals surface area (Å²) in [7, 11) is 0. The van der Waals surface area contributed by atoms with Gasteiger partial charge in [-0.3, -0.25) is 29.4 Å². The van der Waals surface area contributed by atoms with Gasteiger partial charge in [-0.25, -0.2) is 4.79 Å². The molecule has 5 rings (SSSR count). The minimum absolute atomic E-state index is 0.0121. The average molecular weight is 483 g/mol. The lowest BCUT2D eigenvalue weighted by Gasteiger charge is -2.65. The van der Waals surface area contributed by atoms with Gasteiger partial charge < -0.3 is 14.9 Å². The minimum Gasteiger partial charge on any atom is -0.465 e. The summed E-state index contributed by atoms with van der Waals surface area (Å²) in [5, 5.41) is 11.6. The van der Waals surface area contributed by atoms with Crippen LogP contribution < -0.4 is 10.2 Å². The molecule has 2 N–H and O–H groups in total. The Labute approximate surface area is 203 Å². The van der Waals surface area contributed by atoms with Crippen molar-refractivity contribution in [1.29, 1.82) is 0 Å². The summed E-state index contributed by atoms with van der Waals surface area (Å²) < 4.78 is 0. The summed E-state index contributed by atoms with van der Waals surface area (Å²) in [5.74, 6) is -2.06. The predicted molar refractivity (Wildman–Crippen MR) is 125 cm³/mol. The van der Waals surface area contributed by atoms with E-state index in [0.29, 0.717) is 13.1 Å². The number of likely N-dealkylation sites (tertiary alicyclic amines) is 1. The van der Waals surface area contributed by atoms with Gasteiger partial charge in [-0.1, -0.05) is 20.8 Å². The van der Waals surface area contributed by atoms with Crippen molar-refractivity contribution in [2.24, 2.45) is 10.8 Å². The molecule has 2 unspecified atom stereocenters. The summed E-state index contributed by atoms with van der Waals surface area (Å²) in [6.45, 7) is 8.27. The third-order valence-electron chi connectivity index (χ3n) is 7.98. The Morgan fingerprint density at radius 2 is 1.71 bits per heavy atom. The molecule has 186 valence electrons. The molecule has 10 heteroatoms. The first-order chi connectivity index (χ1) is 16.4. The Bertz CT molecular complexity index is 1150. The molecule has 4 aliphatic rings. The molecule has 0 saturated carbocycles. The summed E-state index contributed by atoms with van der Waals surface area (Å²) in [6.07, 6.45) is 0.882. The molecule has 5 amide bonds. The number of anilines is 1. The van der Waals surface area contributed by atoms with Crippen LogP contribution in [0.5, 0.6) is 0 Å². The molecular weight excluding hydrogens is 452 g/mol. The van der Waals surface area contributed by atoms with Gasteiger partial charge in [0.25, 0.3) is 11.8 Å². The van der Waals surface area contributed by atoms with Crippen molar-refractivity contribution in [3.8, 4) is 0 Å². The van der Waals surface area contributed by atoms with Crippen molar-refractivity contribution in [2.75, 3.05) is 24.5 Å². The Hall–Kier alpha value is -3.43. The van der Waals surface area contributed by atoms with E-state index < -0.39 is 35.8 Å². The Balaban J connectivity index is 1.40. The van der Waals surface area contributed by atoms with E-state index >= 15 is 0 Å². The highest BCUT2D eigenvalue weighted by molar-refractivity contribution is 6.23. The Morgan fingerprint density at radius 3 is 2.31 bits per heavy atom. The number of amides is 5. The van der Waals surface area contributed by atoms with E-state index in [0.717, 1.165) is 30.0 Å². The van der Waals surface area contributed by atoms with Crippen molar-refractivity contribution in [2.45, 2.75) is 58.5 Å². The van der Waals surface area contributed by atoms with Crippen LogP contribution in [0.4, 0.5) is 10.5 Å². The molecule has 2 atom stereocenters. The number of piperidine rings is 2. The number of nitrogens with zero attached hydrogens (tertiary/aromatic N) is 3. The maximum absolute atomic E-state index is 13.2. The number of carbonyl (C=O) groups is 5. The maximum atomic E-state index is 13.2. The number of carboxylic acid groups (broad SMARTS) is 1. The first-order valence-corrected chi connectivity index (χ1v) is 12.0. The van der Waals surface area contributed by atoms with Gasteiger partial charge in [0.1, 0.15) is 6.04 Å². The summed E-state index contributed by atoms with van der Waals surface area (Å²) in [4.78, 5) is 66.2. The largest absolute Gasteiger partial charge is 0.465 e. The van der Waals surface area contributed by atoms with E-state index in [1.807, 2.05) is 6.07 Å². The highest BCUT2D eigenvalue weighted by Crippen LogP contribution is 2.54. The van der Waals surface area contributed by atoms with Crippen LogP contribution in [0.1, 0.15) is 67.2 Å². The number of hydrogen-bond acceptors (Lipinski definition) is 6.